The Morgan fingerprint density at radius 1 is 1.12 bits per heavy atom. The zero-order chi connectivity index (χ0) is 24.6. The number of nitrogens with zero attached hydrogens (tertiary/aromatic N) is 4. The fourth-order valence-electron chi connectivity index (χ4n) is 4.52. The van der Waals surface area contributed by atoms with Crippen molar-refractivity contribution in [1.29, 1.82) is 0 Å². The van der Waals surface area contributed by atoms with Gasteiger partial charge in [-0.3, -0.25) is 0 Å². The number of anilines is 1. The summed E-state index contributed by atoms with van der Waals surface area (Å²) in [5.41, 5.74) is -0.668. The summed E-state index contributed by atoms with van der Waals surface area (Å²) in [5, 5.41) is 0. The monoisotopic (exact) mass is 500 g/mol. The van der Waals surface area contributed by atoms with E-state index in [9.17, 15) is 26.7 Å². The highest BCUT2D eigenvalue weighted by atomic mass is 32.2. The average Bonchev–Trinajstić information content (AvgIpc) is 3.08. The Kier molecular flexibility index (Phi) is 6.93. The lowest BCUT2D eigenvalue weighted by Gasteiger charge is -2.37. The molecule has 2 aromatic rings. The minimum Gasteiger partial charge on any atom is -0.354 e. The van der Waals surface area contributed by atoms with E-state index in [0.717, 1.165) is 4.90 Å². The predicted molar refractivity (Wildman–Crippen MR) is 120 cm³/mol. The third-order valence-electron chi connectivity index (χ3n) is 6.44. The zero-order valence-electron chi connectivity index (χ0n) is 18.8. The summed E-state index contributed by atoms with van der Waals surface area (Å²) in [5.74, 6) is -1.47. The molecule has 4 rings (SSSR count). The van der Waals surface area contributed by atoms with Crippen molar-refractivity contribution in [3.05, 3.63) is 53.2 Å². The highest BCUT2D eigenvalue weighted by molar-refractivity contribution is 7.98. The average molecular weight is 501 g/mol. The maximum atomic E-state index is 14.5. The van der Waals surface area contributed by atoms with E-state index >= 15 is 0 Å². The summed E-state index contributed by atoms with van der Waals surface area (Å²) < 4.78 is 67.1. The van der Waals surface area contributed by atoms with Crippen molar-refractivity contribution in [3.8, 4) is 0 Å². The molecule has 2 aliphatic heterocycles. The van der Waals surface area contributed by atoms with E-state index < -0.39 is 17.6 Å². The van der Waals surface area contributed by atoms with Crippen LogP contribution in [-0.4, -0.2) is 58.8 Å². The fraction of sp³-hybridized carbons (Fsp3) is 0.478. The molecule has 5 nitrogen and oxygen atoms in total. The molecule has 1 aromatic heterocycles. The molecule has 3 heterocycles. The van der Waals surface area contributed by atoms with E-state index in [4.69, 9.17) is 0 Å². The van der Waals surface area contributed by atoms with E-state index in [1.807, 2.05) is 19.2 Å². The van der Waals surface area contributed by atoms with Gasteiger partial charge in [-0.25, -0.2) is 18.6 Å². The van der Waals surface area contributed by atoms with Crippen molar-refractivity contribution in [2.75, 3.05) is 30.8 Å². The molecule has 1 aromatic carbocycles. The molecule has 2 saturated heterocycles. The van der Waals surface area contributed by atoms with Gasteiger partial charge in [0, 0.05) is 48.4 Å². The van der Waals surface area contributed by atoms with Crippen LogP contribution < -0.4 is 4.90 Å². The first kappa shape index (κ1) is 24.6. The number of piperidine rings is 1. The number of carbonyl (C=O) groups is 1. The molecule has 0 radical (unpaired) electrons. The third kappa shape index (κ3) is 4.94. The van der Waals surface area contributed by atoms with Gasteiger partial charge in [-0.15, -0.1) is 11.8 Å². The largest absolute Gasteiger partial charge is 0.417 e. The van der Waals surface area contributed by atoms with Crippen molar-refractivity contribution < 1.29 is 26.7 Å². The Morgan fingerprint density at radius 2 is 1.82 bits per heavy atom. The number of hydrogen-bond acceptors (Lipinski definition) is 4. The second kappa shape index (κ2) is 9.59. The number of urea groups is 1. The van der Waals surface area contributed by atoms with Crippen LogP contribution in [-0.2, 0) is 12.7 Å². The summed E-state index contributed by atoms with van der Waals surface area (Å²) in [6, 6.07) is 5.11. The second-order valence-electron chi connectivity index (χ2n) is 8.61. The SMILES string of the molecule is CSc1ccc(CN2C(=O)N(C3CCN(c4ncc(C(F)(F)F)cc4F)CC3)CC2C)c(F)c1. The lowest BCUT2D eigenvalue weighted by atomic mass is 10.0. The first-order valence-electron chi connectivity index (χ1n) is 11.0. The minimum atomic E-state index is -4.65. The quantitative estimate of drug-likeness (QED) is 0.408. The van der Waals surface area contributed by atoms with Crippen LogP contribution in [0.3, 0.4) is 0 Å². The van der Waals surface area contributed by atoms with Crippen LogP contribution in [0.1, 0.15) is 30.9 Å². The fourth-order valence-corrected chi connectivity index (χ4v) is 4.94. The predicted octanol–water partition coefficient (Wildman–Crippen LogP) is 5.40. The molecule has 1 unspecified atom stereocenters. The molecule has 0 bridgehead atoms. The molecule has 0 N–H and O–H groups in total. The summed E-state index contributed by atoms with van der Waals surface area (Å²) >= 11 is 1.45. The maximum Gasteiger partial charge on any atom is 0.417 e. The van der Waals surface area contributed by atoms with Crippen molar-refractivity contribution in [3.63, 3.8) is 0 Å². The molecule has 2 amide bonds. The van der Waals surface area contributed by atoms with E-state index in [1.54, 1.807) is 20.8 Å². The summed E-state index contributed by atoms with van der Waals surface area (Å²) in [6.07, 6.45) is -1.08. The number of halogens is 5. The number of amides is 2. The van der Waals surface area contributed by atoms with Crippen LogP contribution in [0.15, 0.2) is 35.4 Å². The van der Waals surface area contributed by atoms with Crippen LogP contribution in [0.4, 0.5) is 32.6 Å². The number of hydrogen-bond donors (Lipinski definition) is 0. The molecule has 11 heteroatoms. The Labute approximate surface area is 198 Å². The van der Waals surface area contributed by atoms with E-state index in [2.05, 4.69) is 4.98 Å². The van der Waals surface area contributed by atoms with Gasteiger partial charge in [-0.2, -0.15) is 13.2 Å². The lowest BCUT2D eigenvalue weighted by molar-refractivity contribution is -0.138. The van der Waals surface area contributed by atoms with Gasteiger partial charge in [0.2, 0.25) is 0 Å². The normalized spacial score (nSPS) is 19.9. The summed E-state index contributed by atoms with van der Waals surface area (Å²) in [6.45, 7) is 3.33. The number of carbonyl (C=O) groups excluding carboxylic acids is 1. The molecule has 184 valence electrons. The first-order valence-corrected chi connectivity index (χ1v) is 12.2. The molecule has 2 aliphatic rings. The van der Waals surface area contributed by atoms with Crippen molar-refractivity contribution in [2.45, 2.75) is 49.5 Å². The van der Waals surface area contributed by atoms with Gasteiger partial charge in [0.05, 0.1) is 12.1 Å². The van der Waals surface area contributed by atoms with Crippen molar-refractivity contribution in [2.24, 2.45) is 0 Å². The van der Waals surface area contributed by atoms with E-state index in [0.29, 0.717) is 50.3 Å². The maximum absolute atomic E-state index is 14.5. The summed E-state index contributed by atoms with van der Waals surface area (Å²) in [7, 11) is 0. The van der Waals surface area contributed by atoms with Gasteiger partial charge in [0.25, 0.3) is 0 Å². The van der Waals surface area contributed by atoms with Crippen LogP contribution in [0.25, 0.3) is 0 Å². The van der Waals surface area contributed by atoms with Gasteiger partial charge < -0.3 is 14.7 Å². The van der Waals surface area contributed by atoms with Crippen LogP contribution in [0, 0.1) is 11.6 Å². The Hall–Kier alpha value is -2.56. The standard InChI is InChI=1S/C23H25F5N4OS/c1-14-12-32(22(33)31(14)13-15-3-4-18(34-2)10-19(15)24)17-5-7-30(8-6-17)21-20(25)9-16(11-29-21)23(26,27)28/h3-4,9-11,14,17H,5-8,12-13H2,1-2H3. The topological polar surface area (TPSA) is 39.7 Å². The van der Waals surface area contributed by atoms with Gasteiger partial charge >= 0.3 is 12.2 Å². The van der Waals surface area contributed by atoms with E-state index in [-0.39, 0.29) is 36.3 Å². The molecular weight excluding hydrogens is 475 g/mol. The Balaban J connectivity index is 1.39. The van der Waals surface area contributed by atoms with Gasteiger partial charge in [0.15, 0.2) is 11.6 Å². The van der Waals surface area contributed by atoms with E-state index in [1.165, 1.54) is 17.8 Å². The van der Waals surface area contributed by atoms with Gasteiger partial charge in [-0.05, 0) is 44.2 Å². The highest BCUT2D eigenvalue weighted by Gasteiger charge is 2.40. The number of alkyl halides is 3. The zero-order valence-corrected chi connectivity index (χ0v) is 19.6. The smallest absolute Gasteiger partial charge is 0.354 e. The molecule has 0 aliphatic carbocycles. The van der Waals surface area contributed by atoms with Gasteiger partial charge in [0.1, 0.15) is 5.82 Å². The minimum absolute atomic E-state index is 0.0857. The molecule has 0 saturated carbocycles. The van der Waals surface area contributed by atoms with Crippen molar-refractivity contribution in [1.82, 2.24) is 14.8 Å². The number of thioether (sulfide) groups is 1. The molecule has 1 atom stereocenters. The molecule has 0 spiro atoms. The molecular formula is C23H25F5N4OS. The highest BCUT2D eigenvalue weighted by Crippen LogP contribution is 2.33. The second-order valence-corrected chi connectivity index (χ2v) is 9.49. The van der Waals surface area contributed by atoms with Crippen LogP contribution in [0.2, 0.25) is 0 Å². The third-order valence-corrected chi connectivity index (χ3v) is 7.16. The number of aromatic nitrogens is 1. The Morgan fingerprint density at radius 3 is 2.41 bits per heavy atom. The summed E-state index contributed by atoms with van der Waals surface area (Å²) in [4.78, 5) is 22.7. The first-order chi connectivity index (χ1) is 16.1. The van der Waals surface area contributed by atoms with Crippen LogP contribution >= 0.6 is 11.8 Å². The molecule has 2 fully saturated rings. The van der Waals surface area contributed by atoms with Gasteiger partial charge in [-0.1, -0.05) is 6.07 Å². The lowest BCUT2D eigenvalue weighted by Crippen LogP contribution is -2.47. The number of benzene rings is 1. The van der Waals surface area contributed by atoms with Crippen molar-refractivity contribution >= 4 is 23.6 Å². The van der Waals surface area contributed by atoms with Crippen LogP contribution in [0.5, 0.6) is 0 Å². The number of rotatable bonds is 5. The molecule has 34 heavy (non-hydrogen) atoms. The number of pyridine rings is 1. The Bertz CT molecular complexity index is 1060.